The maximum Gasteiger partial charge on any atom is 0.278 e. The molecule has 30 heavy (non-hydrogen) atoms. The smallest absolute Gasteiger partial charge is 0.278 e. The first-order valence-electron chi connectivity index (χ1n) is 11.9. The second-order valence-electron chi connectivity index (χ2n) is 10.0. The third kappa shape index (κ3) is 7.30. The van der Waals surface area contributed by atoms with Gasteiger partial charge in [0.05, 0.1) is 6.61 Å². The predicted octanol–water partition coefficient (Wildman–Crippen LogP) is 4.99. The van der Waals surface area contributed by atoms with Crippen molar-refractivity contribution < 1.29 is 15.3 Å². The van der Waals surface area contributed by atoms with E-state index in [9.17, 15) is 4.79 Å². The first-order chi connectivity index (χ1) is 14.0. The number of hydrogen-bond donors (Lipinski definition) is 2. The van der Waals surface area contributed by atoms with E-state index in [1.807, 2.05) is 0 Å². The second kappa shape index (κ2) is 11.7. The summed E-state index contributed by atoms with van der Waals surface area (Å²) in [4.78, 5) is 12.1. The molecule has 0 aromatic heterocycles. The molecule has 0 fully saturated rings. The lowest BCUT2D eigenvalue weighted by Crippen LogP contribution is -2.70. The Hall–Kier alpha value is -1.55. The molecular formula is C26H47N2O2+. The maximum atomic E-state index is 12.1. The van der Waals surface area contributed by atoms with E-state index in [1.165, 1.54) is 11.1 Å². The summed E-state index contributed by atoms with van der Waals surface area (Å²) in [6.45, 7) is 19.2. The molecule has 0 heterocycles. The van der Waals surface area contributed by atoms with E-state index in [-0.39, 0.29) is 22.8 Å². The third-order valence-corrected chi connectivity index (χ3v) is 7.05. The fourth-order valence-corrected chi connectivity index (χ4v) is 3.30. The molecule has 172 valence electrons. The van der Waals surface area contributed by atoms with Gasteiger partial charge in [0.1, 0.15) is 5.75 Å². The summed E-state index contributed by atoms with van der Waals surface area (Å²) in [5, 5.41) is 3.01. The summed E-state index contributed by atoms with van der Waals surface area (Å²) in [5.41, 5.74) is 6.91. The first kappa shape index (κ1) is 26.5. The van der Waals surface area contributed by atoms with Crippen LogP contribution in [0.2, 0.25) is 0 Å². The molecule has 0 aliphatic carbocycles. The molecule has 0 spiro atoms. The SMILES string of the molecule is CC[C@H](C)[C@H]([NH3+])C(=O)NCCCCOc1ccc(C(C)(C)CC)cc1C(C)(C)CC. The summed E-state index contributed by atoms with van der Waals surface area (Å²) in [6.07, 6.45) is 4.97. The number of hydrogen-bond acceptors (Lipinski definition) is 2. The lowest BCUT2D eigenvalue weighted by atomic mass is 9.76. The molecule has 0 saturated heterocycles. The highest BCUT2D eigenvalue weighted by molar-refractivity contribution is 5.80. The van der Waals surface area contributed by atoms with E-state index in [0.717, 1.165) is 37.9 Å². The van der Waals surface area contributed by atoms with Gasteiger partial charge in [0.25, 0.3) is 5.91 Å². The Bertz CT molecular complexity index is 667. The third-order valence-electron chi connectivity index (χ3n) is 7.05. The van der Waals surface area contributed by atoms with Crippen LogP contribution in [-0.2, 0) is 15.6 Å². The number of ether oxygens (including phenoxy) is 1. The molecule has 1 amide bonds. The van der Waals surface area contributed by atoms with Gasteiger partial charge in [-0.15, -0.1) is 0 Å². The van der Waals surface area contributed by atoms with Crippen LogP contribution in [0.5, 0.6) is 5.75 Å². The molecule has 4 N–H and O–H groups in total. The van der Waals surface area contributed by atoms with Gasteiger partial charge in [-0.1, -0.05) is 67.5 Å². The minimum absolute atomic E-state index is 0.0615. The van der Waals surface area contributed by atoms with Gasteiger partial charge in [-0.3, -0.25) is 4.79 Å². The molecule has 0 saturated carbocycles. The molecule has 0 unspecified atom stereocenters. The van der Waals surface area contributed by atoms with Crippen LogP contribution in [0.1, 0.15) is 98.6 Å². The van der Waals surface area contributed by atoms with E-state index < -0.39 is 0 Å². The van der Waals surface area contributed by atoms with Crippen molar-refractivity contribution in [2.24, 2.45) is 5.92 Å². The van der Waals surface area contributed by atoms with Gasteiger partial charge in [-0.05, 0) is 54.6 Å². The largest absolute Gasteiger partial charge is 0.493 e. The molecule has 4 nitrogen and oxygen atoms in total. The fraction of sp³-hybridized carbons (Fsp3) is 0.731. The minimum atomic E-state index is -0.170. The number of quaternary nitrogens is 1. The van der Waals surface area contributed by atoms with Gasteiger partial charge in [0.15, 0.2) is 6.04 Å². The van der Waals surface area contributed by atoms with Crippen LogP contribution in [0.25, 0.3) is 0 Å². The van der Waals surface area contributed by atoms with Gasteiger partial charge in [0.2, 0.25) is 0 Å². The maximum absolute atomic E-state index is 12.1. The van der Waals surface area contributed by atoms with Crippen LogP contribution in [0.15, 0.2) is 18.2 Å². The number of amides is 1. The summed E-state index contributed by atoms with van der Waals surface area (Å²) >= 11 is 0. The number of benzene rings is 1. The zero-order chi connectivity index (χ0) is 22.9. The quantitative estimate of drug-likeness (QED) is 0.442. The predicted molar refractivity (Wildman–Crippen MR) is 127 cm³/mol. The molecular weight excluding hydrogens is 372 g/mol. The Morgan fingerprint density at radius 1 is 1.07 bits per heavy atom. The summed E-state index contributed by atoms with van der Waals surface area (Å²) in [7, 11) is 0. The zero-order valence-electron chi connectivity index (χ0n) is 20.9. The highest BCUT2D eigenvalue weighted by atomic mass is 16.5. The van der Waals surface area contributed by atoms with E-state index >= 15 is 0 Å². The van der Waals surface area contributed by atoms with Crippen LogP contribution in [0.3, 0.4) is 0 Å². The normalized spacial score (nSPS) is 14.3. The van der Waals surface area contributed by atoms with Crippen molar-refractivity contribution in [1.29, 1.82) is 0 Å². The Kier molecular flexibility index (Phi) is 10.4. The van der Waals surface area contributed by atoms with Gasteiger partial charge < -0.3 is 15.8 Å². The van der Waals surface area contributed by atoms with Crippen LogP contribution < -0.4 is 15.8 Å². The lowest BCUT2D eigenvalue weighted by Gasteiger charge is -2.30. The molecule has 1 aromatic carbocycles. The van der Waals surface area contributed by atoms with Crippen LogP contribution in [0.4, 0.5) is 0 Å². The number of rotatable bonds is 13. The average Bonchev–Trinajstić information content (AvgIpc) is 2.74. The number of carbonyl (C=O) groups excluding carboxylic acids is 1. The van der Waals surface area contributed by atoms with Crippen molar-refractivity contribution in [3.05, 3.63) is 29.3 Å². The summed E-state index contributed by atoms with van der Waals surface area (Å²) < 4.78 is 6.21. The second-order valence-corrected chi connectivity index (χ2v) is 10.0. The zero-order valence-corrected chi connectivity index (χ0v) is 20.9. The molecule has 4 heteroatoms. The number of carbonyl (C=O) groups is 1. The standard InChI is InChI=1S/C26H46N2O2/c1-9-19(4)23(27)24(29)28-16-12-13-17-30-22-15-14-20(25(5,6)10-2)18-21(22)26(7,8)11-3/h14-15,18-19,23H,9-13,16-17,27H2,1-8H3,(H,28,29)/p+1/t19-,23-/m0/s1. The van der Waals surface area contributed by atoms with E-state index in [2.05, 4.69) is 84.6 Å². The molecule has 0 aliphatic rings. The number of nitrogens with one attached hydrogen (secondary N) is 1. The molecule has 0 bridgehead atoms. The van der Waals surface area contributed by atoms with Crippen molar-refractivity contribution in [2.75, 3.05) is 13.2 Å². The van der Waals surface area contributed by atoms with Crippen molar-refractivity contribution in [2.45, 2.75) is 104 Å². The molecule has 0 aliphatic heterocycles. The monoisotopic (exact) mass is 419 g/mol. The van der Waals surface area contributed by atoms with Crippen LogP contribution in [0, 0.1) is 5.92 Å². The Labute approximate surface area is 185 Å². The van der Waals surface area contributed by atoms with Gasteiger partial charge in [0, 0.05) is 18.0 Å². The van der Waals surface area contributed by atoms with Crippen molar-refractivity contribution in [3.8, 4) is 5.75 Å². The van der Waals surface area contributed by atoms with Crippen LogP contribution >= 0.6 is 0 Å². The van der Waals surface area contributed by atoms with Crippen molar-refractivity contribution in [1.82, 2.24) is 5.32 Å². The van der Waals surface area contributed by atoms with Crippen LogP contribution in [-0.4, -0.2) is 25.1 Å². The molecule has 1 rings (SSSR count). The van der Waals surface area contributed by atoms with Gasteiger partial charge in [-0.25, -0.2) is 0 Å². The lowest BCUT2D eigenvalue weighted by molar-refractivity contribution is -0.415. The Morgan fingerprint density at radius 3 is 2.27 bits per heavy atom. The highest BCUT2D eigenvalue weighted by Gasteiger charge is 2.26. The van der Waals surface area contributed by atoms with E-state index in [1.54, 1.807) is 0 Å². The molecule has 2 atom stereocenters. The van der Waals surface area contributed by atoms with Gasteiger partial charge in [-0.2, -0.15) is 0 Å². The van der Waals surface area contributed by atoms with Crippen molar-refractivity contribution >= 4 is 5.91 Å². The summed E-state index contributed by atoms with van der Waals surface area (Å²) in [6, 6.07) is 6.56. The van der Waals surface area contributed by atoms with E-state index in [4.69, 9.17) is 4.74 Å². The fourth-order valence-electron chi connectivity index (χ4n) is 3.30. The Morgan fingerprint density at radius 2 is 1.70 bits per heavy atom. The highest BCUT2D eigenvalue weighted by Crippen LogP contribution is 2.38. The van der Waals surface area contributed by atoms with Gasteiger partial charge >= 0.3 is 0 Å². The van der Waals surface area contributed by atoms with E-state index in [0.29, 0.717) is 19.1 Å². The minimum Gasteiger partial charge on any atom is -0.493 e. The Balaban J connectivity index is 2.66. The topological polar surface area (TPSA) is 66.0 Å². The van der Waals surface area contributed by atoms with Crippen molar-refractivity contribution in [3.63, 3.8) is 0 Å². The molecule has 1 aromatic rings. The first-order valence-corrected chi connectivity index (χ1v) is 11.9. The summed E-state index contributed by atoms with van der Waals surface area (Å²) in [5.74, 6) is 1.37. The molecule has 0 radical (unpaired) electrons. The average molecular weight is 420 g/mol. The number of unbranched alkanes of at least 4 members (excludes halogenated alkanes) is 1.